The zero-order valence-electron chi connectivity index (χ0n) is 11.7. The lowest BCUT2D eigenvalue weighted by Crippen LogP contribution is -2.33. The molecule has 2 amide bonds. The lowest BCUT2D eigenvalue weighted by atomic mass is 10.1. The molecule has 0 saturated carbocycles. The van der Waals surface area contributed by atoms with Gasteiger partial charge >= 0.3 is 0 Å². The molecule has 6 nitrogen and oxygen atoms in total. The van der Waals surface area contributed by atoms with Crippen LogP contribution < -0.4 is 10.6 Å². The third kappa shape index (κ3) is 4.10. The third-order valence-electron chi connectivity index (χ3n) is 2.87. The monoisotopic (exact) mass is 284 g/mol. The number of nitrogens with zero attached hydrogens (tertiary/aromatic N) is 2. The molecule has 2 heterocycles. The van der Waals surface area contributed by atoms with Crippen molar-refractivity contribution in [1.82, 2.24) is 15.3 Å². The first-order valence-electron chi connectivity index (χ1n) is 6.62. The van der Waals surface area contributed by atoms with Gasteiger partial charge in [0.1, 0.15) is 5.82 Å². The number of amides is 2. The highest BCUT2D eigenvalue weighted by atomic mass is 16.2. The van der Waals surface area contributed by atoms with Crippen molar-refractivity contribution in [3.8, 4) is 0 Å². The molecule has 0 aromatic carbocycles. The Labute approximate surface area is 122 Å². The zero-order chi connectivity index (χ0) is 15.1. The fraction of sp³-hybridized carbons (Fsp3) is 0.200. The van der Waals surface area contributed by atoms with E-state index in [1.165, 1.54) is 0 Å². The molecule has 0 atom stereocenters. The molecule has 0 unspecified atom stereocenters. The number of aromatic nitrogens is 2. The van der Waals surface area contributed by atoms with E-state index in [0.29, 0.717) is 17.8 Å². The molecule has 0 aliphatic rings. The van der Waals surface area contributed by atoms with Crippen molar-refractivity contribution in [3.63, 3.8) is 0 Å². The van der Waals surface area contributed by atoms with Gasteiger partial charge in [0.15, 0.2) is 0 Å². The standard InChI is InChI=1S/C15H16N4O2/c1-2-11-9-16-8-6-12(11)15(21)18-10-14(20)19-13-5-3-4-7-17-13/h3-9H,2,10H2,1H3,(H,18,21)(H,17,19,20). The van der Waals surface area contributed by atoms with E-state index in [1.54, 1.807) is 42.9 Å². The SMILES string of the molecule is CCc1cnccc1C(=O)NCC(=O)Nc1ccccn1. The van der Waals surface area contributed by atoms with Crippen LogP contribution in [0.3, 0.4) is 0 Å². The van der Waals surface area contributed by atoms with Crippen LogP contribution in [-0.4, -0.2) is 28.3 Å². The molecule has 0 bridgehead atoms. The summed E-state index contributed by atoms with van der Waals surface area (Å²) in [6.07, 6.45) is 5.50. The van der Waals surface area contributed by atoms with Crippen LogP contribution in [0.15, 0.2) is 42.9 Å². The Balaban J connectivity index is 1.90. The maximum absolute atomic E-state index is 12.0. The van der Waals surface area contributed by atoms with Gasteiger partial charge in [-0.15, -0.1) is 0 Å². The lowest BCUT2D eigenvalue weighted by molar-refractivity contribution is -0.115. The molecular weight excluding hydrogens is 268 g/mol. The summed E-state index contributed by atoms with van der Waals surface area (Å²) in [6, 6.07) is 6.85. The molecule has 0 radical (unpaired) electrons. The molecule has 2 N–H and O–H groups in total. The smallest absolute Gasteiger partial charge is 0.252 e. The van der Waals surface area contributed by atoms with E-state index in [2.05, 4.69) is 20.6 Å². The van der Waals surface area contributed by atoms with Crippen molar-refractivity contribution >= 4 is 17.6 Å². The highest BCUT2D eigenvalue weighted by Crippen LogP contribution is 2.07. The molecule has 0 saturated heterocycles. The Morgan fingerprint density at radius 1 is 1.19 bits per heavy atom. The van der Waals surface area contributed by atoms with Crippen LogP contribution in [0.1, 0.15) is 22.8 Å². The van der Waals surface area contributed by atoms with Crippen molar-refractivity contribution in [2.75, 3.05) is 11.9 Å². The van der Waals surface area contributed by atoms with Gasteiger partial charge in [0.2, 0.25) is 5.91 Å². The maximum Gasteiger partial charge on any atom is 0.252 e. The molecule has 21 heavy (non-hydrogen) atoms. The van der Waals surface area contributed by atoms with Crippen LogP contribution >= 0.6 is 0 Å². The second-order valence-corrected chi connectivity index (χ2v) is 4.33. The molecular formula is C15H16N4O2. The molecule has 2 aromatic rings. The van der Waals surface area contributed by atoms with Crippen molar-refractivity contribution < 1.29 is 9.59 Å². The first kappa shape index (κ1) is 14.6. The average molecular weight is 284 g/mol. The third-order valence-corrected chi connectivity index (χ3v) is 2.87. The van der Waals surface area contributed by atoms with Crippen LogP contribution in [0, 0.1) is 0 Å². The summed E-state index contributed by atoms with van der Waals surface area (Å²) in [5, 5.41) is 5.19. The zero-order valence-corrected chi connectivity index (χ0v) is 11.7. The molecule has 108 valence electrons. The Kier molecular flexibility index (Phi) is 4.98. The van der Waals surface area contributed by atoms with Gasteiger partial charge in [-0.25, -0.2) is 4.98 Å². The summed E-state index contributed by atoms with van der Waals surface area (Å²) in [4.78, 5) is 31.7. The quantitative estimate of drug-likeness (QED) is 0.869. The van der Waals surface area contributed by atoms with E-state index in [4.69, 9.17) is 0 Å². The number of nitrogens with one attached hydrogen (secondary N) is 2. The van der Waals surface area contributed by atoms with E-state index in [-0.39, 0.29) is 18.4 Å². The maximum atomic E-state index is 12.0. The van der Waals surface area contributed by atoms with Gasteiger partial charge in [0.05, 0.1) is 6.54 Å². The Bertz CT molecular complexity index is 629. The molecule has 6 heteroatoms. The minimum absolute atomic E-state index is 0.110. The van der Waals surface area contributed by atoms with Gasteiger partial charge in [-0.05, 0) is 30.2 Å². The van der Waals surface area contributed by atoms with Crippen molar-refractivity contribution in [3.05, 3.63) is 54.0 Å². The van der Waals surface area contributed by atoms with Crippen LogP contribution in [0.4, 0.5) is 5.82 Å². The summed E-state index contributed by atoms with van der Waals surface area (Å²) in [5.74, 6) is -0.158. The first-order valence-corrected chi connectivity index (χ1v) is 6.62. The van der Waals surface area contributed by atoms with Crippen LogP contribution in [0.25, 0.3) is 0 Å². The largest absolute Gasteiger partial charge is 0.343 e. The van der Waals surface area contributed by atoms with Gasteiger partial charge in [-0.3, -0.25) is 14.6 Å². The van der Waals surface area contributed by atoms with E-state index in [9.17, 15) is 9.59 Å². The van der Waals surface area contributed by atoms with Gasteiger partial charge in [0.25, 0.3) is 5.91 Å². The van der Waals surface area contributed by atoms with Crippen molar-refractivity contribution in [1.29, 1.82) is 0 Å². The highest BCUT2D eigenvalue weighted by molar-refractivity contribution is 5.99. The normalized spacial score (nSPS) is 9.95. The minimum Gasteiger partial charge on any atom is -0.343 e. The topological polar surface area (TPSA) is 84.0 Å². The van der Waals surface area contributed by atoms with Gasteiger partial charge in [0, 0.05) is 24.2 Å². The van der Waals surface area contributed by atoms with E-state index in [0.717, 1.165) is 5.56 Å². The molecule has 0 fully saturated rings. The second kappa shape index (κ2) is 7.14. The fourth-order valence-electron chi connectivity index (χ4n) is 1.81. The Hall–Kier alpha value is -2.76. The number of rotatable bonds is 5. The highest BCUT2D eigenvalue weighted by Gasteiger charge is 2.11. The van der Waals surface area contributed by atoms with Crippen LogP contribution in [0.2, 0.25) is 0 Å². The summed E-state index contributed by atoms with van der Waals surface area (Å²) in [5.41, 5.74) is 1.39. The van der Waals surface area contributed by atoms with E-state index >= 15 is 0 Å². The summed E-state index contributed by atoms with van der Waals surface area (Å²) in [7, 11) is 0. The number of carbonyl (C=O) groups excluding carboxylic acids is 2. The number of hydrogen-bond acceptors (Lipinski definition) is 4. The average Bonchev–Trinajstić information content (AvgIpc) is 2.53. The van der Waals surface area contributed by atoms with Crippen molar-refractivity contribution in [2.45, 2.75) is 13.3 Å². The summed E-state index contributed by atoms with van der Waals surface area (Å²) in [6.45, 7) is 1.84. The number of carbonyl (C=O) groups is 2. The van der Waals surface area contributed by atoms with Gasteiger partial charge in [-0.1, -0.05) is 13.0 Å². The van der Waals surface area contributed by atoms with Crippen molar-refractivity contribution in [2.24, 2.45) is 0 Å². The second-order valence-electron chi connectivity index (χ2n) is 4.33. The predicted molar refractivity (Wildman–Crippen MR) is 78.8 cm³/mol. The Morgan fingerprint density at radius 3 is 2.76 bits per heavy atom. The van der Waals surface area contributed by atoms with Crippen LogP contribution in [-0.2, 0) is 11.2 Å². The number of pyridine rings is 2. The summed E-state index contributed by atoms with van der Waals surface area (Å²) >= 11 is 0. The van der Waals surface area contributed by atoms with Crippen LogP contribution in [0.5, 0.6) is 0 Å². The van der Waals surface area contributed by atoms with Gasteiger partial charge < -0.3 is 10.6 Å². The predicted octanol–water partition coefficient (Wildman–Crippen LogP) is 1.41. The Morgan fingerprint density at radius 2 is 2.05 bits per heavy atom. The first-order chi connectivity index (χ1) is 10.2. The molecule has 0 spiro atoms. The molecule has 2 rings (SSSR count). The van der Waals surface area contributed by atoms with E-state index < -0.39 is 0 Å². The number of aryl methyl sites for hydroxylation is 1. The number of anilines is 1. The van der Waals surface area contributed by atoms with Gasteiger partial charge in [-0.2, -0.15) is 0 Å². The molecule has 2 aromatic heterocycles. The number of hydrogen-bond donors (Lipinski definition) is 2. The van der Waals surface area contributed by atoms with E-state index in [1.807, 2.05) is 6.92 Å². The summed E-state index contributed by atoms with van der Waals surface area (Å²) < 4.78 is 0. The minimum atomic E-state index is -0.325. The molecule has 0 aliphatic heterocycles. The molecule has 0 aliphatic carbocycles. The fourth-order valence-corrected chi connectivity index (χ4v) is 1.81. The lowest BCUT2D eigenvalue weighted by Gasteiger charge is -2.08.